The molecule has 0 aliphatic carbocycles. The fourth-order valence-electron chi connectivity index (χ4n) is 3.54. The minimum absolute atomic E-state index is 0.0262. The summed E-state index contributed by atoms with van der Waals surface area (Å²) in [4.78, 5) is 25.8. The maximum atomic E-state index is 13.3. The van der Waals surface area contributed by atoms with Crippen molar-refractivity contribution in [3.05, 3.63) is 82.4 Å². The molecule has 0 atom stereocenters. The fraction of sp³-hybridized carbons (Fsp3) is 0.167. The summed E-state index contributed by atoms with van der Waals surface area (Å²) in [6.45, 7) is 2.35. The molecule has 37 heavy (non-hydrogen) atoms. The largest absolute Gasteiger partial charge is 0.455 e. The summed E-state index contributed by atoms with van der Waals surface area (Å²) in [7, 11) is 0. The van der Waals surface area contributed by atoms with Crippen LogP contribution in [0.4, 0.5) is 33.6 Å². The number of hydrazone groups is 1. The number of nitrogens with zero attached hydrogens (tertiary/aromatic N) is 6. The number of anilines is 4. The molecular formula is C24H21FN8O4. The van der Waals surface area contributed by atoms with Gasteiger partial charge < -0.3 is 19.4 Å². The molecule has 0 saturated carbocycles. The lowest BCUT2D eigenvalue weighted by atomic mass is 10.1. The van der Waals surface area contributed by atoms with Gasteiger partial charge in [0.05, 0.1) is 24.4 Å². The molecule has 4 aromatic rings. The van der Waals surface area contributed by atoms with E-state index in [-0.39, 0.29) is 23.4 Å². The van der Waals surface area contributed by atoms with Gasteiger partial charge in [0.1, 0.15) is 17.3 Å². The summed E-state index contributed by atoms with van der Waals surface area (Å²) in [6.07, 6.45) is 1.44. The monoisotopic (exact) mass is 504 g/mol. The number of nitro groups is 1. The van der Waals surface area contributed by atoms with E-state index in [9.17, 15) is 14.5 Å². The highest BCUT2D eigenvalue weighted by molar-refractivity contribution is 5.78. The predicted octanol–water partition coefficient (Wildman–Crippen LogP) is 4.21. The Labute approximate surface area is 210 Å². The number of rotatable bonds is 8. The molecule has 0 unspecified atom stereocenters. The maximum Gasteiger partial charge on any atom is 0.270 e. The lowest BCUT2D eigenvalue weighted by molar-refractivity contribution is -0.384. The van der Waals surface area contributed by atoms with E-state index in [4.69, 9.17) is 9.15 Å². The molecule has 1 aliphatic rings. The average molecular weight is 504 g/mol. The number of morpholine rings is 1. The van der Waals surface area contributed by atoms with Crippen LogP contribution in [-0.2, 0) is 4.74 Å². The first-order chi connectivity index (χ1) is 18.0. The van der Waals surface area contributed by atoms with E-state index in [1.54, 1.807) is 36.4 Å². The van der Waals surface area contributed by atoms with Crippen molar-refractivity contribution >= 4 is 35.4 Å². The number of halogens is 1. The van der Waals surface area contributed by atoms with Crippen molar-refractivity contribution in [2.45, 2.75) is 0 Å². The first-order valence-corrected chi connectivity index (χ1v) is 11.3. The van der Waals surface area contributed by atoms with Crippen LogP contribution >= 0.6 is 0 Å². The molecular weight excluding hydrogens is 483 g/mol. The van der Waals surface area contributed by atoms with Crippen LogP contribution in [0, 0.1) is 15.9 Å². The van der Waals surface area contributed by atoms with Gasteiger partial charge in [0.2, 0.25) is 17.8 Å². The Balaban J connectivity index is 1.33. The molecule has 5 rings (SSSR count). The van der Waals surface area contributed by atoms with Crippen molar-refractivity contribution in [1.82, 2.24) is 15.0 Å². The van der Waals surface area contributed by atoms with Crippen LogP contribution in [-0.4, -0.2) is 52.4 Å². The van der Waals surface area contributed by atoms with Crippen LogP contribution in [0.2, 0.25) is 0 Å². The van der Waals surface area contributed by atoms with Crippen LogP contribution in [0.15, 0.2) is 70.2 Å². The number of furan rings is 1. The van der Waals surface area contributed by atoms with E-state index < -0.39 is 4.92 Å². The number of non-ortho nitro benzene ring substituents is 1. The molecule has 13 heteroatoms. The maximum absolute atomic E-state index is 13.3. The molecule has 0 bridgehead atoms. The number of nitrogens with one attached hydrogen (secondary N) is 2. The van der Waals surface area contributed by atoms with Crippen molar-refractivity contribution in [2.24, 2.45) is 5.10 Å². The van der Waals surface area contributed by atoms with Gasteiger partial charge in [-0.1, -0.05) is 12.1 Å². The zero-order valence-corrected chi connectivity index (χ0v) is 19.4. The molecule has 0 amide bonds. The number of hydrogen-bond donors (Lipinski definition) is 2. The summed E-state index contributed by atoms with van der Waals surface area (Å²) < 4.78 is 24.4. The zero-order chi connectivity index (χ0) is 25.6. The molecule has 1 aliphatic heterocycles. The molecule has 0 spiro atoms. The Hall–Kier alpha value is -4.91. The highest BCUT2D eigenvalue weighted by Crippen LogP contribution is 2.25. The Kier molecular flexibility index (Phi) is 6.94. The van der Waals surface area contributed by atoms with Gasteiger partial charge in [-0.25, -0.2) is 9.82 Å². The first kappa shape index (κ1) is 23.8. The summed E-state index contributed by atoms with van der Waals surface area (Å²) >= 11 is 0. The zero-order valence-electron chi connectivity index (χ0n) is 19.4. The summed E-state index contributed by atoms with van der Waals surface area (Å²) in [5, 5.41) is 18.2. The van der Waals surface area contributed by atoms with Crippen LogP contribution in [0.5, 0.6) is 0 Å². The van der Waals surface area contributed by atoms with Crippen LogP contribution in [0.3, 0.4) is 0 Å². The van der Waals surface area contributed by atoms with E-state index >= 15 is 0 Å². The summed E-state index contributed by atoms with van der Waals surface area (Å²) in [5.74, 6) is 1.41. The molecule has 2 N–H and O–H groups in total. The predicted molar refractivity (Wildman–Crippen MR) is 135 cm³/mol. The van der Waals surface area contributed by atoms with Gasteiger partial charge in [0, 0.05) is 36.5 Å². The van der Waals surface area contributed by atoms with Gasteiger partial charge in [-0.05, 0) is 36.4 Å². The lowest BCUT2D eigenvalue weighted by Gasteiger charge is -2.27. The molecule has 2 aromatic carbocycles. The second-order valence-electron chi connectivity index (χ2n) is 7.89. The van der Waals surface area contributed by atoms with E-state index in [0.29, 0.717) is 55.0 Å². The highest BCUT2D eigenvalue weighted by Gasteiger charge is 2.17. The van der Waals surface area contributed by atoms with Crippen molar-refractivity contribution in [3.63, 3.8) is 0 Å². The fourth-order valence-corrected chi connectivity index (χ4v) is 3.54. The minimum Gasteiger partial charge on any atom is -0.455 e. The Morgan fingerprint density at radius 3 is 2.59 bits per heavy atom. The number of aromatic nitrogens is 3. The molecule has 188 valence electrons. The van der Waals surface area contributed by atoms with Gasteiger partial charge in [-0.2, -0.15) is 20.1 Å². The van der Waals surface area contributed by atoms with Gasteiger partial charge in [-0.15, -0.1) is 0 Å². The average Bonchev–Trinajstić information content (AvgIpc) is 3.39. The second kappa shape index (κ2) is 10.8. The van der Waals surface area contributed by atoms with Crippen LogP contribution in [0.1, 0.15) is 5.76 Å². The smallest absolute Gasteiger partial charge is 0.270 e. The first-order valence-electron chi connectivity index (χ1n) is 11.3. The number of hydrogen-bond acceptors (Lipinski definition) is 11. The topological polar surface area (TPSA) is 144 Å². The number of benzene rings is 2. The van der Waals surface area contributed by atoms with Gasteiger partial charge in [0.25, 0.3) is 5.69 Å². The molecule has 0 radical (unpaired) electrons. The molecule has 2 aromatic heterocycles. The van der Waals surface area contributed by atoms with Crippen molar-refractivity contribution in [3.8, 4) is 11.3 Å². The van der Waals surface area contributed by atoms with Crippen molar-refractivity contribution < 1.29 is 18.5 Å². The lowest BCUT2D eigenvalue weighted by Crippen LogP contribution is -2.37. The van der Waals surface area contributed by atoms with Crippen molar-refractivity contribution in [2.75, 3.05) is 41.9 Å². The standard InChI is InChI=1S/C24H21FN8O4/c25-17-4-6-18(7-5-17)27-22-28-23(30-24(29-22)32-10-12-36-13-11-32)31-26-15-20-8-9-21(37-20)16-2-1-3-19(14-16)33(34)35/h1-9,14-15H,10-13H2,(H2,27,28,29,30,31)/b26-15-. The van der Waals surface area contributed by atoms with Gasteiger partial charge >= 0.3 is 0 Å². The summed E-state index contributed by atoms with van der Waals surface area (Å²) in [5.41, 5.74) is 3.94. The normalized spacial score (nSPS) is 13.6. The number of ether oxygens (including phenoxy) is 1. The highest BCUT2D eigenvalue weighted by atomic mass is 19.1. The number of nitro benzene ring substituents is 1. The molecule has 12 nitrogen and oxygen atoms in total. The van der Waals surface area contributed by atoms with E-state index in [2.05, 4.69) is 30.8 Å². The quantitative estimate of drug-likeness (QED) is 0.203. The Morgan fingerprint density at radius 1 is 1.03 bits per heavy atom. The third kappa shape index (κ3) is 6.02. The van der Waals surface area contributed by atoms with Crippen LogP contribution in [0.25, 0.3) is 11.3 Å². The third-order valence-corrected chi connectivity index (χ3v) is 5.34. The second-order valence-corrected chi connectivity index (χ2v) is 7.89. The van der Waals surface area contributed by atoms with Gasteiger partial charge in [-0.3, -0.25) is 10.1 Å². The Bertz CT molecular complexity index is 1420. The van der Waals surface area contributed by atoms with Gasteiger partial charge in [0.15, 0.2) is 0 Å². The van der Waals surface area contributed by atoms with Crippen LogP contribution < -0.4 is 15.6 Å². The van der Waals surface area contributed by atoms with Crippen molar-refractivity contribution in [1.29, 1.82) is 0 Å². The SMILES string of the molecule is O=[N+]([O-])c1cccc(-c2ccc(/C=N\Nc3nc(Nc4ccc(F)cc4)nc(N4CCOCC4)n3)o2)c1. The van der Waals surface area contributed by atoms with E-state index in [1.807, 2.05) is 4.90 Å². The molecule has 1 saturated heterocycles. The summed E-state index contributed by atoms with van der Waals surface area (Å²) in [6, 6.07) is 15.4. The van der Waals surface area contributed by atoms with E-state index in [1.165, 1.54) is 30.5 Å². The minimum atomic E-state index is -0.461. The Morgan fingerprint density at radius 2 is 1.81 bits per heavy atom. The molecule has 3 heterocycles. The van der Waals surface area contributed by atoms with E-state index in [0.717, 1.165) is 0 Å². The third-order valence-electron chi connectivity index (χ3n) is 5.34. The molecule has 1 fully saturated rings.